The van der Waals surface area contributed by atoms with Crippen molar-refractivity contribution >= 4 is 44.7 Å². The minimum absolute atomic E-state index is 0.156. The van der Waals surface area contributed by atoms with Gasteiger partial charge in [-0.05, 0) is 49.1 Å². The lowest BCUT2D eigenvalue weighted by Crippen LogP contribution is -2.47. The van der Waals surface area contributed by atoms with Crippen molar-refractivity contribution in [2.75, 3.05) is 56.6 Å². The third-order valence-electron chi connectivity index (χ3n) is 8.30. The summed E-state index contributed by atoms with van der Waals surface area (Å²) in [6.07, 6.45) is 7.99. The molecule has 1 atom stereocenters. The van der Waals surface area contributed by atoms with Gasteiger partial charge in [-0.1, -0.05) is 6.08 Å². The van der Waals surface area contributed by atoms with Gasteiger partial charge in [0.1, 0.15) is 5.82 Å². The van der Waals surface area contributed by atoms with Crippen LogP contribution >= 0.6 is 11.3 Å². The number of nitrogens with zero attached hydrogens (tertiary/aromatic N) is 4. The van der Waals surface area contributed by atoms with E-state index in [1.807, 2.05) is 11.7 Å². The highest BCUT2D eigenvalue weighted by molar-refractivity contribution is 7.16. The molecule has 2 N–H and O–H groups in total. The molecule has 2 aromatic heterocycles. The van der Waals surface area contributed by atoms with Gasteiger partial charge in [-0.25, -0.2) is 9.97 Å². The van der Waals surface area contributed by atoms with Crippen LogP contribution in [0.2, 0.25) is 0 Å². The highest BCUT2D eigenvalue weighted by Crippen LogP contribution is 2.48. The first-order valence-corrected chi connectivity index (χ1v) is 14.2. The monoisotopic (exact) mass is 516 g/mol. The minimum atomic E-state index is -0.156. The van der Waals surface area contributed by atoms with Crippen LogP contribution in [0.5, 0.6) is 0 Å². The number of hydrogen-bond donors (Lipinski definition) is 2. The van der Waals surface area contributed by atoms with E-state index in [9.17, 15) is 4.79 Å². The SMILES string of the molecule is O=C(N1CC=C(C2Cc3c(Nc4ccc5ncsc5c4)ccnc3N2)CC1)C1(CN2CCOCC2)CC1. The number of hydrogen-bond acceptors (Lipinski definition) is 8. The van der Waals surface area contributed by atoms with Crippen molar-refractivity contribution in [3.63, 3.8) is 0 Å². The molecule has 2 fully saturated rings. The van der Waals surface area contributed by atoms with Crippen LogP contribution in [0.25, 0.3) is 10.2 Å². The largest absolute Gasteiger partial charge is 0.379 e. The van der Waals surface area contributed by atoms with E-state index < -0.39 is 0 Å². The van der Waals surface area contributed by atoms with Gasteiger partial charge >= 0.3 is 0 Å². The van der Waals surface area contributed by atoms with Crippen molar-refractivity contribution in [3.8, 4) is 0 Å². The second kappa shape index (κ2) is 9.38. The Morgan fingerprint density at radius 3 is 2.89 bits per heavy atom. The lowest BCUT2D eigenvalue weighted by molar-refractivity contribution is -0.138. The second-order valence-electron chi connectivity index (χ2n) is 10.7. The Balaban J connectivity index is 1.01. The molecule has 3 aliphatic heterocycles. The molecule has 0 radical (unpaired) electrons. The van der Waals surface area contributed by atoms with Gasteiger partial charge in [0.05, 0.1) is 40.4 Å². The molecule has 3 aromatic rings. The zero-order valence-corrected chi connectivity index (χ0v) is 21.7. The number of fused-ring (bicyclic) bond motifs is 2. The van der Waals surface area contributed by atoms with Crippen molar-refractivity contribution in [1.82, 2.24) is 19.8 Å². The minimum Gasteiger partial charge on any atom is -0.379 e. The maximum Gasteiger partial charge on any atom is 0.230 e. The van der Waals surface area contributed by atoms with E-state index >= 15 is 0 Å². The Kier molecular flexibility index (Phi) is 5.86. The Hall–Kier alpha value is -3.01. The highest BCUT2D eigenvalue weighted by atomic mass is 32.1. The molecule has 192 valence electrons. The van der Waals surface area contributed by atoms with E-state index in [-0.39, 0.29) is 11.5 Å². The molecular weight excluding hydrogens is 484 g/mol. The number of aromatic nitrogens is 2. The number of pyridine rings is 1. The highest BCUT2D eigenvalue weighted by Gasteiger charge is 2.52. The Labute approximate surface area is 220 Å². The van der Waals surface area contributed by atoms with E-state index in [0.717, 1.165) is 87.8 Å². The lowest BCUT2D eigenvalue weighted by atomic mass is 9.95. The third kappa shape index (κ3) is 4.49. The normalized spacial score (nSPS) is 22.9. The molecule has 1 saturated carbocycles. The summed E-state index contributed by atoms with van der Waals surface area (Å²) in [4.78, 5) is 26.9. The number of amides is 1. The van der Waals surface area contributed by atoms with Gasteiger partial charge in [-0.15, -0.1) is 11.3 Å². The van der Waals surface area contributed by atoms with Gasteiger partial charge in [0, 0.05) is 62.3 Å². The molecule has 1 unspecified atom stereocenters. The number of nitrogens with one attached hydrogen (secondary N) is 2. The van der Waals surface area contributed by atoms with Gasteiger partial charge < -0.3 is 20.3 Å². The number of morpholine rings is 1. The molecule has 5 heterocycles. The summed E-state index contributed by atoms with van der Waals surface area (Å²) in [6, 6.07) is 8.58. The number of carbonyl (C=O) groups excluding carboxylic acids is 1. The van der Waals surface area contributed by atoms with Crippen LogP contribution < -0.4 is 10.6 Å². The summed E-state index contributed by atoms with van der Waals surface area (Å²) in [5, 5.41) is 7.25. The number of rotatable bonds is 6. The first-order valence-electron chi connectivity index (χ1n) is 13.3. The molecule has 0 spiro atoms. The fraction of sp³-hybridized carbons (Fsp3) is 0.464. The van der Waals surface area contributed by atoms with E-state index in [2.05, 4.69) is 60.7 Å². The van der Waals surface area contributed by atoms with Crippen LogP contribution in [-0.2, 0) is 16.0 Å². The van der Waals surface area contributed by atoms with Crippen LogP contribution in [0.15, 0.2) is 47.6 Å². The van der Waals surface area contributed by atoms with E-state index in [1.165, 1.54) is 15.8 Å². The lowest BCUT2D eigenvalue weighted by Gasteiger charge is -2.35. The Morgan fingerprint density at radius 1 is 1.19 bits per heavy atom. The summed E-state index contributed by atoms with van der Waals surface area (Å²) < 4.78 is 6.66. The van der Waals surface area contributed by atoms with Gasteiger partial charge in [0.15, 0.2) is 0 Å². The average molecular weight is 517 g/mol. The molecule has 1 aliphatic carbocycles. The van der Waals surface area contributed by atoms with Crippen molar-refractivity contribution in [2.24, 2.45) is 5.41 Å². The molecule has 1 amide bonds. The fourth-order valence-electron chi connectivity index (χ4n) is 5.97. The van der Waals surface area contributed by atoms with Crippen molar-refractivity contribution < 1.29 is 9.53 Å². The number of thiazole rings is 1. The van der Waals surface area contributed by atoms with Crippen LogP contribution in [0, 0.1) is 5.41 Å². The fourth-order valence-corrected chi connectivity index (χ4v) is 6.69. The van der Waals surface area contributed by atoms with Crippen LogP contribution in [-0.4, -0.2) is 77.7 Å². The molecule has 4 aliphatic rings. The standard InChI is InChI=1S/C28H32N6O2S/c35-27(28(6-7-28)17-33-11-13-36-14-12-33)34-9-4-19(5-10-34)24-16-21-22(3-8-29-26(21)32-24)31-20-1-2-23-25(15-20)37-18-30-23/h1-4,8,15,18,24H,5-7,9-14,16-17H2,(H2,29,31,32). The molecular formula is C28H32N6O2S. The molecule has 1 aromatic carbocycles. The van der Waals surface area contributed by atoms with E-state index in [4.69, 9.17) is 4.74 Å². The van der Waals surface area contributed by atoms with Gasteiger partial charge in [-0.3, -0.25) is 9.69 Å². The predicted molar refractivity (Wildman–Crippen MR) is 146 cm³/mol. The van der Waals surface area contributed by atoms with Crippen molar-refractivity contribution in [2.45, 2.75) is 31.7 Å². The smallest absolute Gasteiger partial charge is 0.230 e. The van der Waals surface area contributed by atoms with Crippen molar-refractivity contribution in [3.05, 3.63) is 53.2 Å². The van der Waals surface area contributed by atoms with Crippen molar-refractivity contribution in [1.29, 1.82) is 0 Å². The summed E-state index contributed by atoms with van der Waals surface area (Å²) in [5.74, 6) is 1.30. The molecule has 37 heavy (non-hydrogen) atoms. The Bertz CT molecular complexity index is 1360. The maximum absolute atomic E-state index is 13.4. The average Bonchev–Trinajstić information content (AvgIpc) is 3.34. The topological polar surface area (TPSA) is 82.6 Å². The summed E-state index contributed by atoms with van der Waals surface area (Å²) in [7, 11) is 0. The van der Waals surface area contributed by atoms with E-state index in [0.29, 0.717) is 12.5 Å². The summed E-state index contributed by atoms with van der Waals surface area (Å²) >= 11 is 1.65. The zero-order chi connectivity index (χ0) is 24.8. The second-order valence-corrected chi connectivity index (χ2v) is 11.6. The van der Waals surface area contributed by atoms with Crippen LogP contribution in [0.3, 0.4) is 0 Å². The number of anilines is 3. The summed E-state index contributed by atoms with van der Waals surface area (Å²) in [6.45, 7) is 5.85. The van der Waals surface area contributed by atoms with Crippen LogP contribution in [0.4, 0.5) is 17.2 Å². The number of carbonyl (C=O) groups is 1. The Morgan fingerprint density at radius 2 is 2.08 bits per heavy atom. The van der Waals surface area contributed by atoms with Gasteiger partial charge in [0.25, 0.3) is 0 Å². The van der Waals surface area contributed by atoms with E-state index in [1.54, 1.807) is 11.3 Å². The predicted octanol–water partition coefficient (Wildman–Crippen LogP) is 4.04. The molecule has 0 bridgehead atoms. The van der Waals surface area contributed by atoms with Gasteiger partial charge in [0.2, 0.25) is 5.91 Å². The van der Waals surface area contributed by atoms with Gasteiger partial charge in [-0.2, -0.15) is 0 Å². The first kappa shape index (κ1) is 23.1. The van der Waals surface area contributed by atoms with Crippen LogP contribution in [0.1, 0.15) is 24.8 Å². The quantitative estimate of drug-likeness (QED) is 0.479. The third-order valence-corrected chi connectivity index (χ3v) is 9.09. The molecule has 8 nitrogen and oxygen atoms in total. The number of ether oxygens (including phenoxy) is 1. The first-order chi connectivity index (χ1) is 18.2. The molecule has 1 saturated heterocycles. The molecule has 9 heteroatoms. The zero-order valence-electron chi connectivity index (χ0n) is 20.9. The molecule has 7 rings (SSSR count). The summed E-state index contributed by atoms with van der Waals surface area (Å²) in [5.41, 5.74) is 7.52. The number of benzene rings is 1. The maximum atomic E-state index is 13.4.